The van der Waals surface area contributed by atoms with Crippen LogP contribution in [0.15, 0.2) is 29.8 Å². The number of hydrogen-bond acceptors (Lipinski definition) is 5. The first-order valence-electron chi connectivity index (χ1n) is 5.66. The number of nitrogens with one attached hydrogen (secondary N) is 2. The maximum Gasteiger partial charge on any atom is 0.257 e. The smallest absolute Gasteiger partial charge is 0.257 e. The van der Waals surface area contributed by atoms with E-state index >= 15 is 0 Å². The Labute approximate surface area is 113 Å². The van der Waals surface area contributed by atoms with E-state index in [1.54, 1.807) is 36.7 Å². The number of rotatable bonds is 4. The van der Waals surface area contributed by atoms with Crippen molar-refractivity contribution < 1.29 is 9.59 Å². The van der Waals surface area contributed by atoms with E-state index < -0.39 is 0 Å². The van der Waals surface area contributed by atoms with Crippen molar-refractivity contribution >= 4 is 34.0 Å². The highest BCUT2D eigenvalue weighted by molar-refractivity contribution is 7.13. The second-order valence-corrected chi connectivity index (χ2v) is 4.51. The second kappa shape index (κ2) is 6.05. The average molecular weight is 276 g/mol. The largest absolute Gasteiger partial charge is 0.326 e. The number of amides is 2. The van der Waals surface area contributed by atoms with Gasteiger partial charge >= 0.3 is 0 Å². The fourth-order valence-corrected chi connectivity index (χ4v) is 1.79. The third kappa shape index (κ3) is 3.59. The Balaban J connectivity index is 2.01. The molecule has 2 amide bonds. The summed E-state index contributed by atoms with van der Waals surface area (Å²) in [4.78, 5) is 23.0. The number of anilines is 2. The lowest BCUT2D eigenvalue weighted by Gasteiger charge is -2.05. The van der Waals surface area contributed by atoms with Gasteiger partial charge in [-0.1, -0.05) is 18.3 Å². The molecule has 0 unspecified atom stereocenters. The van der Waals surface area contributed by atoms with Crippen LogP contribution >= 0.6 is 11.3 Å². The van der Waals surface area contributed by atoms with Crippen molar-refractivity contribution in [1.29, 1.82) is 0 Å². The zero-order valence-corrected chi connectivity index (χ0v) is 11.0. The van der Waals surface area contributed by atoms with Crippen molar-refractivity contribution in [3.8, 4) is 0 Å². The maximum atomic E-state index is 11.8. The number of nitrogens with zero attached hydrogens (tertiary/aromatic N) is 2. The SMILES string of the molecule is CCC(=O)Nc1ccc(C(=O)Nc2nncs2)cc1. The summed E-state index contributed by atoms with van der Waals surface area (Å²) in [5.41, 5.74) is 2.70. The molecule has 6 nitrogen and oxygen atoms in total. The zero-order chi connectivity index (χ0) is 13.7. The molecule has 1 aromatic heterocycles. The van der Waals surface area contributed by atoms with Crippen molar-refractivity contribution in [3.63, 3.8) is 0 Å². The molecule has 0 atom stereocenters. The summed E-state index contributed by atoms with van der Waals surface area (Å²) in [7, 11) is 0. The first-order valence-corrected chi connectivity index (χ1v) is 6.54. The minimum absolute atomic E-state index is 0.0638. The summed E-state index contributed by atoms with van der Waals surface area (Å²) >= 11 is 1.25. The van der Waals surface area contributed by atoms with E-state index in [0.717, 1.165) is 0 Å². The molecule has 2 rings (SSSR count). The zero-order valence-electron chi connectivity index (χ0n) is 10.2. The normalized spacial score (nSPS) is 9.95. The Kier molecular flexibility index (Phi) is 4.19. The van der Waals surface area contributed by atoms with Gasteiger partial charge in [0.25, 0.3) is 5.91 Å². The fraction of sp³-hybridized carbons (Fsp3) is 0.167. The molecule has 0 radical (unpaired) electrons. The first-order chi connectivity index (χ1) is 9.19. The molecule has 0 aliphatic heterocycles. The summed E-state index contributed by atoms with van der Waals surface area (Å²) in [6.45, 7) is 1.78. The van der Waals surface area contributed by atoms with Crippen molar-refractivity contribution in [2.24, 2.45) is 0 Å². The highest BCUT2D eigenvalue weighted by Gasteiger charge is 2.08. The Bertz CT molecular complexity index is 566. The van der Waals surface area contributed by atoms with Gasteiger partial charge < -0.3 is 5.32 Å². The molecule has 1 aromatic carbocycles. The molecule has 0 spiro atoms. The highest BCUT2D eigenvalue weighted by Crippen LogP contribution is 2.13. The Morgan fingerprint density at radius 3 is 2.53 bits per heavy atom. The molecule has 0 bridgehead atoms. The summed E-state index contributed by atoms with van der Waals surface area (Å²) < 4.78 is 0. The summed E-state index contributed by atoms with van der Waals surface area (Å²) in [6, 6.07) is 6.65. The summed E-state index contributed by atoms with van der Waals surface area (Å²) in [5.74, 6) is -0.323. The van der Waals surface area contributed by atoms with E-state index in [2.05, 4.69) is 20.8 Å². The van der Waals surface area contributed by atoms with Crippen LogP contribution in [0.25, 0.3) is 0 Å². The van der Waals surface area contributed by atoms with Crippen LogP contribution < -0.4 is 10.6 Å². The Morgan fingerprint density at radius 2 is 1.95 bits per heavy atom. The van der Waals surface area contributed by atoms with Gasteiger partial charge in [-0.2, -0.15) is 0 Å². The lowest BCUT2D eigenvalue weighted by atomic mass is 10.2. The molecule has 0 saturated carbocycles. The van der Waals surface area contributed by atoms with Crippen molar-refractivity contribution in [1.82, 2.24) is 10.2 Å². The number of carbonyl (C=O) groups excluding carboxylic acids is 2. The summed E-state index contributed by atoms with van der Waals surface area (Å²) in [6.07, 6.45) is 0.416. The molecular formula is C12H12N4O2S. The van der Waals surface area contributed by atoms with Crippen LogP contribution in [0.1, 0.15) is 23.7 Å². The maximum absolute atomic E-state index is 11.8. The van der Waals surface area contributed by atoms with Gasteiger partial charge in [0.15, 0.2) is 0 Å². The van der Waals surface area contributed by atoms with Crippen LogP contribution in [0, 0.1) is 0 Å². The fourth-order valence-electron chi connectivity index (χ4n) is 1.35. The standard InChI is InChI=1S/C12H12N4O2S/c1-2-10(17)14-9-5-3-8(4-6-9)11(18)15-12-16-13-7-19-12/h3-7H,2H2,1H3,(H,14,17)(H,15,16,18). The molecule has 0 saturated heterocycles. The van der Waals surface area contributed by atoms with Gasteiger partial charge in [-0.15, -0.1) is 10.2 Å². The molecule has 2 N–H and O–H groups in total. The van der Waals surface area contributed by atoms with Gasteiger partial charge in [0.05, 0.1) is 0 Å². The quantitative estimate of drug-likeness (QED) is 0.896. The predicted molar refractivity (Wildman–Crippen MR) is 73.2 cm³/mol. The average Bonchev–Trinajstić information content (AvgIpc) is 2.92. The minimum atomic E-state index is -0.259. The van der Waals surface area contributed by atoms with Gasteiger partial charge in [0.2, 0.25) is 11.0 Å². The van der Waals surface area contributed by atoms with E-state index in [1.807, 2.05) is 0 Å². The van der Waals surface area contributed by atoms with Crippen molar-refractivity contribution in [2.45, 2.75) is 13.3 Å². The predicted octanol–water partition coefficient (Wildman–Crippen LogP) is 2.14. The van der Waals surface area contributed by atoms with Crippen LogP contribution in [0.5, 0.6) is 0 Å². The van der Waals surface area contributed by atoms with Crippen molar-refractivity contribution in [3.05, 3.63) is 35.3 Å². The van der Waals surface area contributed by atoms with E-state index in [9.17, 15) is 9.59 Å². The van der Waals surface area contributed by atoms with Crippen LogP contribution in [0.4, 0.5) is 10.8 Å². The number of carbonyl (C=O) groups is 2. The van der Waals surface area contributed by atoms with Gasteiger partial charge in [0.1, 0.15) is 5.51 Å². The highest BCUT2D eigenvalue weighted by atomic mass is 32.1. The van der Waals surface area contributed by atoms with E-state index in [4.69, 9.17) is 0 Å². The molecule has 1 heterocycles. The molecule has 19 heavy (non-hydrogen) atoms. The van der Waals surface area contributed by atoms with Gasteiger partial charge in [-0.3, -0.25) is 14.9 Å². The van der Waals surface area contributed by atoms with Crippen molar-refractivity contribution in [2.75, 3.05) is 10.6 Å². The second-order valence-electron chi connectivity index (χ2n) is 3.68. The van der Waals surface area contributed by atoms with Gasteiger partial charge in [0, 0.05) is 17.7 Å². The lowest BCUT2D eigenvalue weighted by molar-refractivity contribution is -0.115. The van der Waals surface area contributed by atoms with E-state index in [-0.39, 0.29) is 11.8 Å². The van der Waals surface area contributed by atoms with Crippen LogP contribution in [0.3, 0.4) is 0 Å². The molecule has 98 valence electrons. The monoisotopic (exact) mass is 276 g/mol. The molecule has 7 heteroatoms. The van der Waals surface area contributed by atoms with Gasteiger partial charge in [-0.05, 0) is 24.3 Å². The lowest BCUT2D eigenvalue weighted by Crippen LogP contribution is -2.12. The molecule has 2 aromatic rings. The van der Waals surface area contributed by atoms with Crippen LogP contribution in [0.2, 0.25) is 0 Å². The van der Waals surface area contributed by atoms with Gasteiger partial charge in [-0.25, -0.2) is 0 Å². The van der Waals surface area contributed by atoms with Crippen LogP contribution in [-0.4, -0.2) is 22.0 Å². The minimum Gasteiger partial charge on any atom is -0.326 e. The van der Waals surface area contributed by atoms with Crippen LogP contribution in [-0.2, 0) is 4.79 Å². The molecule has 0 aliphatic rings. The molecule has 0 aliphatic carbocycles. The third-order valence-electron chi connectivity index (χ3n) is 2.33. The van der Waals surface area contributed by atoms with E-state index in [0.29, 0.717) is 22.8 Å². The number of hydrogen-bond donors (Lipinski definition) is 2. The third-order valence-corrected chi connectivity index (χ3v) is 2.94. The first kappa shape index (κ1) is 13.2. The molecular weight excluding hydrogens is 264 g/mol. The summed E-state index contributed by atoms with van der Waals surface area (Å²) in [5, 5.41) is 13.2. The topological polar surface area (TPSA) is 84.0 Å². The molecule has 0 fully saturated rings. The number of aromatic nitrogens is 2. The van der Waals surface area contributed by atoms with E-state index in [1.165, 1.54) is 11.3 Å². The Hall–Kier alpha value is -2.28. The number of benzene rings is 1. The Morgan fingerprint density at radius 1 is 1.21 bits per heavy atom.